The molecule has 7 heteroatoms. The van der Waals surface area contributed by atoms with Crippen LogP contribution in [0, 0.1) is 0 Å². The smallest absolute Gasteiger partial charge is 0.267 e. The number of benzene rings is 1. The van der Waals surface area contributed by atoms with Crippen LogP contribution in [0.4, 0.5) is 0 Å². The van der Waals surface area contributed by atoms with E-state index < -0.39 is 5.91 Å². The van der Waals surface area contributed by atoms with Gasteiger partial charge in [0.25, 0.3) is 11.8 Å². The molecule has 0 bridgehead atoms. The number of hydroxylamine groups is 1. The minimum atomic E-state index is -0.622. The molecule has 0 heterocycles. The summed E-state index contributed by atoms with van der Waals surface area (Å²) in [7, 11) is 0. The number of nitrogen functional groups attached to an aromatic ring is 1. The Labute approximate surface area is 104 Å². The third-order valence-corrected chi connectivity index (χ3v) is 1.84. The minimum Gasteiger partial charge on any atom is -0.290 e. The minimum absolute atomic E-state index is 0. The van der Waals surface area contributed by atoms with Crippen molar-refractivity contribution in [2.45, 2.75) is 0 Å². The van der Waals surface area contributed by atoms with Gasteiger partial charge in [0.05, 0.1) is 0 Å². The highest BCUT2D eigenvalue weighted by molar-refractivity contribution is 5.94. The molecular weight excluding hydrogens is 246 g/mol. The molecule has 1 aromatic rings. The molecule has 0 unspecified atom stereocenters. The molecule has 1 aromatic carbocycles. The normalized spacial score (nSPS) is 9.53. The predicted molar refractivity (Wildman–Crippen MR) is 64.3 cm³/mol. The lowest BCUT2D eigenvalue weighted by Gasteiger charge is -1.99. The maximum atomic E-state index is 11.1. The van der Waals surface area contributed by atoms with Gasteiger partial charge in [-0.3, -0.25) is 20.2 Å². The first-order valence-corrected chi connectivity index (χ1v) is 4.40. The van der Waals surface area contributed by atoms with Gasteiger partial charge < -0.3 is 0 Å². The molecule has 2 amide bonds. The number of carbonyl (C=O) groups is 2. The Morgan fingerprint density at radius 2 is 1.82 bits per heavy atom. The lowest BCUT2D eigenvalue weighted by atomic mass is 10.1. The quantitative estimate of drug-likeness (QED) is 0.205. The van der Waals surface area contributed by atoms with E-state index in [1.807, 2.05) is 5.43 Å². The summed E-state index contributed by atoms with van der Waals surface area (Å²) < 4.78 is 0. The Kier molecular flexibility index (Phi) is 6.57. The molecule has 0 aliphatic carbocycles. The summed E-state index contributed by atoms with van der Waals surface area (Å²) in [6, 6.07) is 6.43. The Morgan fingerprint density at radius 1 is 1.24 bits per heavy atom. The third kappa shape index (κ3) is 4.64. The highest BCUT2D eigenvalue weighted by Crippen LogP contribution is 2.05. The van der Waals surface area contributed by atoms with E-state index >= 15 is 0 Å². The van der Waals surface area contributed by atoms with Crippen LogP contribution >= 0.6 is 12.4 Å². The van der Waals surface area contributed by atoms with Crippen LogP contribution in [0.2, 0.25) is 0 Å². The second kappa shape index (κ2) is 7.39. The van der Waals surface area contributed by atoms with Crippen molar-refractivity contribution in [2.24, 2.45) is 5.84 Å². The van der Waals surface area contributed by atoms with Gasteiger partial charge in [0.15, 0.2) is 0 Å². The molecule has 0 fully saturated rings. The molecule has 1 rings (SSSR count). The third-order valence-electron chi connectivity index (χ3n) is 1.84. The van der Waals surface area contributed by atoms with Gasteiger partial charge in [0.2, 0.25) is 0 Å². The summed E-state index contributed by atoms with van der Waals surface area (Å²) in [6.07, 6.45) is 2.66. The maximum Gasteiger partial charge on any atom is 0.267 e. The molecule has 92 valence electrons. The summed E-state index contributed by atoms with van der Waals surface area (Å²) in [6.45, 7) is 0. The van der Waals surface area contributed by atoms with E-state index in [1.165, 1.54) is 11.6 Å². The van der Waals surface area contributed by atoms with Crippen LogP contribution in [0.3, 0.4) is 0 Å². The molecule has 0 spiro atoms. The van der Waals surface area contributed by atoms with E-state index in [0.29, 0.717) is 5.56 Å². The monoisotopic (exact) mass is 257 g/mol. The standard InChI is InChI=1S/C10H11N3O3.ClH/c11-12-10(15)8-4-1-7(2-5-8)3-6-9(14)13-16;/h1-6,16H,11H2,(H,12,15)(H,13,14);1H/b6-3+;. The van der Waals surface area contributed by atoms with Crippen LogP contribution in [0.1, 0.15) is 15.9 Å². The van der Waals surface area contributed by atoms with E-state index in [1.54, 1.807) is 24.3 Å². The summed E-state index contributed by atoms with van der Waals surface area (Å²) in [5, 5.41) is 8.24. The van der Waals surface area contributed by atoms with Crippen molar-refractivity contribution >= 4 is 30.3 Å². The molecule has 6 nitrogen and oxygen atoms in total. The van der Waals surface area contributed by atoms with E-state index in [2.05, 4.69) is 0 Å². The lowest BCUT2D eigenvalue weighted by Crippen LogP contribution is -2.29. The highest BCUT2D eigenvalue weighted by Gasteiger charge is 2.01. The van der Waals surface area contributed by atoms with Gasteiger partial charge in [0, 0.05) is 11.6 Å². The maximum absolute atomic E-state index is 11.1. The fraction of sp³-hybridized carbons (Fsp3) is 0. The summed E-state index contributed by atoms with van der Waals surface area (Å²) in [5.74, 6) is 3.96. The highest BCUT2D eigenvalue weighted by atomic mass is 35.5. The molecule has 0 aliphatic rings. The van der Waals surface area contributed by atoms with Crippen LogP contribution in [0.25, 0.3) is 6.08 Å². The van der Waals surface area contributed by atoms with Crippen molar-refractivity contribution in [2.75, 3.05) is 0 Å². The van der Waals surface area contributed by atoms with E-state index in [-0.39, 0.29) is 18.3 Å². The van der Waals surface area contributed by atoms with E-state index in [9.17, 15) is 9.59 Å². The number of amides is 2. The zero-order chi connectivity index (χ0) is 12.0. The van der Waals surface area contributed by atoms with Gasteiger partial charge in [-0.15, -0.1) is 12.4 Å². The number of rotatable bonds is 3. The van der Waals surface area contributed by atoms with Crippen LogP contribution < -0.4 is 16.7 Å². The van der Waals surface area contributed by atoms with Crippen molar-refractivity contribution in [3.8, 4) is 0 Å². The molecular formula is C10H12ClN3O3. The van der Waals surface area contributed by atoms with Gasteiger partial charge in [-0.1, -0.05) is 12.1 Å². The Morgan fingerprint density at radius 3 is 2.29 bits per heavy atom. The number of hydrazine groups is 1. The van der Waals surface area contributed by atoms with Crippen molar-refractivity contribution < 1.29 is 14.8 Å². The van der Waals surface area contributed by atoms with E-state index in [4.69, 9.17) is 11.0 Å². The second-order valence-corrected chi connectivity index (χ2v) is 2.90. The zero-order valence-corrected chi connectivity index (χ0v) is 9.53. The molecule has 0 saturated heterocycles. The van der Waals surface area contributed by atoms with Crippen LogP contribution in [0.15, 0.2) is 30.3 Å². The number of halogens is 1. The van der Waals surface area contributed by atoms with Gasteiger partial charge in [-0.25, -0.2) is 11.3 Å². The summed E-state index contributed by atoms with van der Waals surface area (Å²) in [4.78, 5) is 21.8. The zero-order valence-electron chi connectivity index (χ0n) is 8.71. The average molecular weight is 258 g/mol. The SMILES string of the molecule is Cl.NNC(=O)c1ccc(/C=C/C(=O)NO)cc1. The topological polar surface area (TPSA) is 104 Å². The molecule has 17 heavy (non-hydrogen) atoms. The van der Waals surface area contributed by atoms with Crippen LogP contribution in [-0.2, 0) is 4.79 Å². The molecule has 0 atom stereocenters. The Balaban J connectivity index is 0.00000256. The fourth-order valence-corrected chi connectivity index (χ4v) is 1.04. The van der Waals surface area contributed by atoms with Crippen molar-refractivity contribution in [1.29, 1.82) is 0 Å². The van der Waals surface area contributed by atoms with Gasteiger partial charge in [-0.05, 0) is 23.8 Å². The Bertz CT molecular complexity index is 417. The van der Waals surface area contributed by atoms with Gasteiger partial charge >= 0.3 is 0 Å². The molecule has 5 N–H and O–H groups in total. The number of hydrogen-bond acceptors (Lipinski definition) is 4. The summed E-state index contributed by atoms with van der Waals surface area (Å²) >= 11 is 0. The molecule has 0 aliphatic heterocycles. The van der Waals surface area contributed by atoms with E-state index in [0.717, 1.165) is 11.6 Å². The van der Waals surface area contributed by atoms with Gasteiger partial charge in [-0.2, -0.15) is 0 Å². The molecule has 0 aromatic heterocycles. The van der Waals surface area contributed by atoms with Crippen LogP contribution in [-0.4, -0.2) is 17.0 Å². The van der Waals surface area contributed by atoms with Crippen molar-refractivity contribution in [3.05, 3.63) is 41.5 Å². The van der Waals surface area contributed by atoms with Crippen molar-refractivity contribution in [3.63, 3.8) is 0 Å². The largest absolute Gasteiger partial charge is 0.290 e. The Hall–Kier alpha value is -1.89. The summed E-state index contributed by atoms with van der Waals surface area (Å²) in [5.41, 5.74) is 4.62. The predicted octanol–water partition coefficient (Wildman–Crippen LogP) is 0.230. The lowest BCUT2D eigenvalue weighted by molar-refractivity contribution is -0.124. The average Bonchev–Trinajstić information content (AvgIpc) is 2.35. The van der Waals surface area contributed by atoms with Crippen molar-refractivity contribution in [1.82, 2.24) is 10.9 Å². The first-order valence-electron chi connectivity index (χ1n) is 4.40. The molecule has 0 radical (unpaired) electrons. The number of nitrogens with one attached hydrogen (secondary N) is 2. The molecule has 0 saturated carbocycles. The van der Waals surface area contributed by atoms with Crippen LogP contribution in [0.5, 0.6) is 0 Å². The first-order chi connectivity index (χ1) is 7.67. The number of hydrogen-bond donors (Lipinski definition) is 4. The second-order valence-electron chi connectivity index (χ2n) is 2.90. The fourth-order valence-electron chi connectivity index (χ4n) is 1.04. The number of carbonyl (C=O) groups excluding carboxylic acids is 2. The van der Waals surface area contributed by atoms with Gasteiger partial charge in [0.1, 0.15) is 0 Å². The number of nitrogens with two attached hydrogens (primary N) is 1. The first kappa shape index (κ1) is 15.1.